The average molecular weight is 237 g/mol. The molecule has 0 fully saturated rings. The van der Waals surface area contributed by atoms with Gasteiger partial charge in [-0.2, -0.15) is 0 Å². The molecule has 5 nitrogen and oxygen atoms in total. The van der Waals surface area contributed by atoms with Crippen molar-refractivity contribution in [3.8, 4) is 0 Å². The van der Waals surface area contributed by atoms with E-state index in [-0.39, 0.29) is 5.69 Å². The van der Waals surface area contributed by atoms with Gasteiger partial charge in [0.1, 0.15) is 5.82 Å². The first-order chi connectivity index (χ1) is 8.10. The summed E-state index contributed by atoms with van der Waals surface area (Å²) in [4.78, 5) is 21.6. The maximum Gasteiger partial charge on any atom is 0.358 e. The number of hydrogen-bond acceptors (Lipinski definition) is 5. The van der Waals surface area contributed by atoms with E-state index >= 15 is 0 Å². The van der Waals surface area contributed by atoms with Crippen molar-refractivity contribution in [3.05, 3.63) is 18.1 Å². The molecule has 1 rings (SSSR count). The molecular formula is C12H19N3O2. The average Bonchev–Trinajstić information content (AvgIpc) is 2.37. The van der Waals surface area contributed by atoms with Gasteiger partial charge in [-0.05, 0) is 13.3 Å². The molecule has 1 atom stereocenters. The Labute approximate surface area is 102 Å². The SMILES string of the molecule is CCCC(C)N(C)c1cncc(C(=O)OC)n1. The van der Waals surface area contributed by atoms with Crippen LogP contribution in [-0.4, -0.2) is 36.1 Å². The summed E-state index contributed by atoms with van der Waals surface area (Å²) >= 11 is 0. The second kappa shape index (κ2) is 6.18. The number of esters is 1. The van der Waals surface area contributed by atoms with E-state index in [9.17, 15) is 4.79 Å². The van der Waals surface area contributed by atoms with Crippen LogP contribution in [0.1, 0.15) is 37.2 Å². The second-order valence-electron chi connectivity index (χ2n) is 4.00. The lowest BCUT2D eigenvalue weighted by Gasteiger charge is -2.25. The van der Waals surface area contributed by atoms with Crippen LogP contribution in [-0.2, 0) is 4.74 Å². The van der Waals surface area contributed by atoms with E-state index in [4.69, 9.17) is 0 Å². The first-order valence-electron chi connectivity index (χ1n) is 5.73. The van der Waals surface area contributed by atoms with Crippen LogP contribution in [0.15, 0.2) is 12.4 Å². The lowest BCUT2D eigenvalue weighted by molar-refractivity contribution is 0.0593. The fourth-order valence-electron chi connectivity index (χ4n) is 1.57. The van der Waals surface area contributed by atoms with Crippen molar-refractivity contribution in [1.82, 2.24) is 9.97 Å². The Morgan fingerprint density at radius 1 is 1.53 bits per heavy atom. The molecule has 0 aliphatic carbocycles. The monoisotopic (exact) mass is 237 g/mol. The van der Waals surface area contributed by atoms with Gasteiger partial charge < -0.3 is 9.64 Å². The van der Waals surface area contributed by atoms with Gasteiger partial charge in [0.05, 0.1) is 19.5 Å². The number of methoxy groups -OCH3 is 1. The highest BCUT2D eigenvalue weighted by Crippen LogP contribution is 2.14. The molecule has 0 aliphatic rings. The van der Waals surface area contributed by atoms with Gasteiger partial charge in [0.2, 0.25) is 0 Å². The minimum Gasteiger partial charge on any atom is -0.464 e. The molecule has 0 aromatic carbocycles. The Hall–Kier alpha value is -1.65. The number of ether oxygens (including phenoxy) is 1. The lowest BCUT2D eigenvalue weighted by Crippen LogP contribution is -2.29. The predicted molar refractivity (Wildman–Crippen MR) is 66.1 cm³/mol. The molecule has 0 bridgehead atoms. The Morgan fingerprint density at radius 2 is 2.24 bits per heavy atom. The van der Waals surface area contributed by atoms with Crippen molar-refractivity contribution in [2.75, 3.05) is 19.1 Å². The van der Waals surface area contributed by atoms with E-state index in [0.29, 0.717) is 11.9 Å². The summed E-state index contributed by atoms with van der Waals surface area (Å²) in [6.07, 6.45) is 5.24. The van der Waals surface area contributed by atoms with Gasteiger partial charge in [0.25, 0.3) is 0 Å². The zero-order chi connectivity index (χ0) is 12.8. The van der Waals surface area contributed by atoms with Crippen LogP contribution in [0, 0.1) is 0 Å². The van der Waals surface area contributed by atoms with Crippen LogP contribution in [0.3, 0.4) is 0 Å². The smallest absolute Gasteiger partial charge is 0.358 e. The predicted octanol–water partition coefficient (Wildman–Crippen LogP) is 1.89. The number of carbonyl (C=O) groups excluding carboxylic acids is 1. The standard InChI is InChI=1S/C12H19N3O2/c1-5-6-9(2)15(3)11-8-13-7-10(14-11)12(16)17-4/h7-9H,5-6H2,1-4H3. The number of aromatic nitrogens is 2. The van der Waals surface area contributed by atoms with E-state index in [1.54, 1.807) is 6.20 Å². The summed E-state index contributed by atoms with van der Waals surface area (Å²) in [5, 5.41) is 0. The molecule has 1 aromatic heterocycles. The third-order valence-corrected chi connectivity index (χ3v) is 2.75. The van der Waals surface area contributed by atoms with E-state index in [1.807, 2.05) is 11.9 Å². The van der Waals surface area contributed by atoms with Gasteiger partial charge in [-0.15, -0.1) is 0 Å². The van der Waals surface area contributed by atoms with Crippen LogP contribution in [0.25, 0.3) is 0 Å². The summed E-state index contributed by atoms with van der Waals surface area (Å²) in [6, 6.07) is 0.363. The van der Waals surface area contributed by atoms with Crippen LogP contribution in [0.5, 0.6) is 0 Å². The van der Waals surface area contributed by atoms with Crippen LogP contribution < -0.4 is 4.90 Å². The van der Waals surface area contributed by atoms with E-state index in [2.05, 4.69) is 28.6 Å². The molecule has 0 spiro atoms. The fourth-order valence-corrected chi connectivity index (χ4v) is 1.57. The van der Waals surface area contributed by atoms with Gasteiger partial charge in [-0.1, -0.05) is 13.3 Å². The topological polar surface area (TPSA) is 55.3 Å². The third-order valence-electron chi connectivity index (χ3n) is 2.75. The molecule has 1 aromatic rings. The fraction of sp³-hybridized carbons (Fsp3) is 0.583. The number of anilines is 1. The summed E-state index contributed by atoms with van der Waals surface area (Å²) in [7, 11) is 3.28. The molecule has 1 heterocycles. The maximum absolute atomic E-state index is 11.3. The van der Waals surface area contributed by atoms with Crippen molar-refractivity contribution in [2.24, 2.45) is 0 Å². The molecule has 17 heavy (non-hydrogen) atoms. The zero-order valence-electron chi connectivity index (χ0n) is 10.8. The quantitative estimate of drug-likeness (QED) is 0.732. The highest BCUT2D eigenvalue weighted by molar-refractivity contribution is 5.87. The third kappa shape index (κ3) is 3.41. The highest BCUT2D eigenvalue weighted by Gasteiger charge is 2.14. The summed E-state index contributed by atoms with van der Waals surface area (Å²) in [6.45, 7) is 4.26. The van der Waals surface area contributed by atoms with Crippen LogP contribution in [0.4, 0.5) is 5.82 Å². The van der Waals surface area contributed by atoms with Crippen molar-refractivity contribution in [1.29, 1.82) is 0 Å². The summed E-state index contributed by atoms with van der Waals surface area (Å²) in [5.74, 6) is 0.227. The van der Waals surface area contributed by atoms with Crippen LogP contribution >= 0.6 is 0 Å². The van der Waals surface area contributed by atoms with E-state index in [0.717, 1.165) is 12.8 Å². The van der Waals surface area contributed by atoms with Crippen molar-refractivity contribution >= 4 is 11.8 Å². The lowest BCUT2D eigenvalue weighted by atomic mass is 10.2. The Morgan fingerprint density at radius 3 is 2.82 bits per heavy atom. The Bertz CT molecular complexity index is 382. The molecule has 5 heteroatoms. The highest BCUT2D eigenvalue weighted by atomic mass is 16.5. The van der Waals surface area contributed by atoms with Gasteiger partial charge in [-0.3, -0.25) is 4.98 Å². The normalized spacial score (nSPS) is 12.0. The molecule has 0 saturated carbocycles. The largest absolute Gasteiger partial charge is 0.464 e. The minimum absolute atomic E-state index is 0.237. The van der Waals surface area contributed by atoms with Crippen molar-refractivity contribution in [2.45, 2.75) is 32.7 Å². The molecule has 94 valence electrons. The first-order valence-corrected chi connectivity index (χ1v) is 5.73. The van der Waals surface area contributed by atoms with Crippen molar-refractivity contribution in [3.63, 3.8) is 0 Å². The molecule has 0 radical (unpaired) electrons. The molecule has 0 N–H and O–H groups in total. The second-order valence-corrected chi connectivity index (χ2v) is 4.00. The van der Waals surface area contributed by atoms with E-state index < -0.39 is 5.97 Å². The van der Waals surface area contributed by atoms with Crippen molar-refractivity contribution < 1.29 is 9.53 Å². The minimum atomic E-state index is -0.462. The molecule has 0 amide bonds. The van der Waals surface area contributed by atoms with E-state index in [1.165, 1.54) is 13.3 Å². The first kappa shape index (κ1) is 13.4. The zero-order valence-corrected chi connectivity index (χ0v) is 10.8. The number of hydrogen-bond donors (Lipinski definition) is 0. The molecule has 0 saturated heterocycles. The van der Waals surface area contributed by atoms with Gasteiger partial charge in [0, 0.05) is 13.1 Å². The number of carbonyl (C=O) groups is 1. The Balaban J connectivity index is 2.87. The van der Waals surface area contributed by atoms with Gasteiger partial charge >= 0.3 is 5.97 Å². The number of nitrogens with zero attached hydrogens (tertiary/aromatic N) is 3. The summed E-state index contributed by atoms with van der Waals surface area (Å²) < 4.78 is 4.62. The molecule has 0 aliphatic heterocycles. The summed E-state index contributed by atoms with van der Waals surface area (Å²) in [5.41, 5.74) is 0.237. The Kier molecular flexibility index (Phi) is 4.87. The molecule has 1 unspecified atom stereocenters. The maximum atomic E-state index is 11.3. The molecular weight excluding hydrogens is 218 g/mol. The number of rotatable bonds is 5. The van der Waals surface area contributed by atoms with Gasteiger partial charge in [0.15, 0.2) is 5.69 Å². The van der Waals surface area contributed by atoms with Crippen LogP contribution in [0.2, 0.25) is 0 Å². The van der Waals surface area contributed by atoms with Gasteiger partial charge in [-0.25, -0.2) is 9.78 Å².